The van der Waals surface area contributed by atoms with Crippen LogP contribution in [0.3, 0.4) is 0 Å². The quantitative estimate of drug-likeness (QED) is 0.593. The summed E-state index contributed by atoms with van der Waals surface area (Å²) in [7, 11) is 0. The van der Waals surface area contributed by atoms with Crippen LogP contribution in [0.4, 0.5) is 0 Å². The minimum absolute atomic E-state index is 0.0747. The molecule has 4 N–H and O–H groups in total. The van der Waals surface area contributed by atoms with E-state index in [4.69, 9.17) is 5.73 Å². The van der Waals surface area contributed by atoms with E-state index in [0.717, 1.165) is 25.7 Å². The van der Waals surface area contributed by atoms with E-state index < -0.39 is 5.41 Å². The Morgan fingerprint density at radius 3 is 2.73 bits per heavy atom. The van der Waals surface area contributed by atoms with Crippen molar-refractivity contribution in [1.29, 1.82) is 0 Å². The zero-order valence-corrected chi connectivity index (χ0v) is 13.5. The van der Waals surface area contributed by atoms with Crippen molar-refractivity contribution < 1.29 is 10.2 Å². The Bertz CT molecular complexity index is 605. The molecule has 3 heteroatoms. The van der Waals surface area contributed by atoms with Crippen LogP contribution < -0.4 is 5.73 Å². The van der Waals surface area contributed by atoms with Gasteiger partial charge in [-0.05, 0) is 55.8 Å². The van der Waals surface area contributed by atoms with Gasteiger partial charge in [0.1, 0.15) is 11.5 Å². The third-order valence-corrected chi connectivity index (χ3v) is 7.30. The highest BCUT2D eigenvalue weighted by atomic mass is 16.3. The summed E-state index contributed by atoms with van der Waals surface area (Å²) in [5, 5.41) is 20.8. The van der Waals surface area contributed by atoms with E-state index in [1.54, 1.807) is 0 Å². The number of fused-ring (bicyclic) bond motifs is 5. The maximum atomic E-state index is 10.7. The van der Waals surface area contributed by atoms with Gasteiger partial charge in [-0.25, -0.2) is 0 Å². The van der Waals surface area contributed by atoms with Gasteiger partial charge in [0.05, 0.1) is 5.41 Å². The molecule has 0 radical (unpaired) electrons. The number of aliphatic hydroxyl groups is 2. The van der Waals surface area contributed by atoms with Crippen molar-refractivity contribution in [2.24, 2.45) is 34.3 Å². The van der Waals surface area contributed by atoms with Gasteiger partial charge in [-0.15, -0.1) is 0 Å². The second kappa shape index (κ2) is 4.41. The fraction of sp³-hybridized carbons (Fsp3) is 0.684. The van der Waals surface area contributed by atoms with E-state index in [-0.39, 0.29) is 23.0 Å². The van der Waals surface area contributed by atoms with E-state index in [2.05, 4.69) is 32.1 Å². The average molecular weight is 301 g/mol. The molecule has 0 spiro atoms. The first-order chi connectivity index (χ1) is 10.4. The second-order valence-electron chi connectivity index (χ2n) is 8.24. The summed E-state index contributed by atoms with van der Waals surface area (Å²) in [5.41, 5.74) is 7.68. The van der Waals surface area contributed by atoms with E-state index in [1.165, 1.54) is 5.57 Å². The lowest BCUT2D eigenvalue weighted by molar-refractivity contribution is -0.0189. The molecule has 0 aromatic rings. The van der Waals surface area contributed by atoms with Crippen molar-refractivity contribution in [3.05, 3.63) is 35.3 Å². The molecular weight excluding hydrogens is 274 g/mol. The van der Waals surface area contributed by atoms with Gasteiger partial charge in [0, 0.05) is 12.5 Å². The Morgan fingerprint density at radius 2 is 1.95 bits per heavy atom. The average Bonchev–Trinajstić information content (AvgIpc) is 2.87. The third kappa shape index (κ3) is 1.61. The first-order valence-corrected chi connectivity index (χ1v) is 8.64. The van der Waals surface area contributed by atoms with Gasteiger partial charge in [-0.2, -0.15) is 0 Å². The summed E-state index contributed by atoms with van der Waals surface area (Å²) >= 11 is 0. The van der Waals surface area contributed by atoms with Crippen LogP contribution in [0, 0.1) is 28.6 Å². The Balaban J connectivity index is 1.83. The molecule has 4 aliphatic rings. The van der Waals surface area contributed by atoms with Gasteiger partial charge in [0.25, 0.3) is 0 Å². The third-order valence-electron chi connectivity index (χ3n) is 7.30. The topological polar surface area (TPSA) is 66.5 Å². The maximum Gasteiger partial charge on any atom is 0.140 e. The van der Waals surface area contributed by atoms with Crippen molar-refractivity contribution in [2.45, 2.75) is 52.0 Å². The highest BCUT2D eigenvalue weighted by molar-refractivity contribution is 5.38. The number of hydrogen-bond acceptors (Lipinski definition) is 3. The summed E-state index contributed by atoms with van der Waals surface area (Å²) in [6.45, 7) is 4.48. The van der Waals surface area contributed by atoms with Crippen LogP contribution in [0.2, 0.25) is 0 Å². The predicted molar refractivity (Wildman–Crippen MR) is 87.3 cm³/mol. The molecule has 1 fully saturated rings. The van der Waals surface area contributed by atoms with Crippen molar-refractivity contribution >= 4 is 0 Å². The molecule has 4 aliphatic carbocycles. The molecule has 6 atom stereocenters. The summed E-state index contributed by atoms with van der Waals surface area (Å²) in [6, 6.07) is 0.0747. The summed E-state index contributed by atoms with van der Waals surface area (Å²) in [6.07, 6.45) is 11.6. The van der Waals surface area contributed by atoms with Crippen LogP contribution in [-0.2, 0) is 0 Å². The number of aliphatic hydroxyl groups excluding tert-OH is 2. The lowest BCUT2D eigenvalue weighted by Crippen LogP contribution is -2.56. The Hall–Kier alpha value is -1.22. The molecular formula is C19H27NO2. The number of allylic oxidation sites excluding steroid dienone is 4. The summed E-state index contributed by atoms with van der Waals surface area (Å²) in [4.78, 5) is 0. The van der Waals surface area contributed by atoms with E-state index in [0.29, 0.717) is 24.2 Å². The Labute approximate surface area is 132 Å². The van der Waals surface area contributed by atoms with Crippen LogP contribution in [0.15, 0.2) is 35.3 Å². The normalized spacial score (nSPS) is 50.2. The van der Waals surface area contributed by atoms with Gasteiger partial charge < -0.3 is 15.9 Å². The minimum atomic E-state index is -0.410. The lowest BCUT2D eigenvalue weighted by atomic mass is 9.48. The van der Waals surface area contributed by atoms with Gasteiger partial charge in [-0.3, -0.25) is 0 Å². The van der Waals surface area contributed by atoms with Gasteiger partial charge in [-0.1, -0.05) is 30.7 Å². The van der Waals surface area contributed by atoms with Crippen LogP contribution in [0.1, 0.15) is 46.0 Å². The Morgan fingerprint density at radius 1 is 1.18 bits per heavy atom. The summed E-state index contributed by atoms with van der Waals surface area (Å²) < 4.78 is 0. The van der Waals surface area contributed by atoms with Crippen molar-refractivity contribution in [1.82, 2.24) is 0 Å². The predicted octanol–water partition coefficient (Wildman–Crippen LogP) is 3.99. The minimum Gasteiger partial charge on any atom is -0.509 e. The molecule has 1 saturated carbocycles. The number of hydrogen-bond donors (Lipinski definition) is 3. The lowest BCUT2D eigenvalue weighted by Gasteiger charge is -2.57. The van der Waals surface area contributed by atoms with Gasteiger partial charge in [0.15, 0.2) is 0 Å². The zero-order chi connectivity index (χ0) is 15.7. The molecule has 120 valence electrons. The SMILES string of the molecule is C[C@]12C(=C[C@H](N)[C@@H]3[C@@H]1CC[C@]1(C)C=CC[C@@H]31)CCC(O)=C2O. The number of rotatable bonds is 0. The van der Waals surface area contributed by atoms with E-state index in [1.807, 2.05) is 0 Å². The standard InChI is InChI=1S/C19H27NO2/c1-18-8-3-4-12(18)16-13(7-9-18)19(2)11(10-14(16)20)5-6-15(21)17(19)22/h3,8,10,12-14,16,21-22H,4-7,9,20H2,1-2H3/t12-,13-,14-,16-,18-,19-/m0/s1. The molecule has 0 saturated heterocycles. The fourth-order valence-corrected chi connectivity index (χ4v) is 5.99. The fourth-order valence-electron chi connectivity index (χ4n) is 5.99. The monoisotopic (exact) mass is 301 g/mol. The molecule has 0 amide bonds. The molecule has 0 aromatic carbocycles. The number of nitrogens with two attached hydrogens (primary N) is 1. The molecule has 3 nitrogen and oxygen atoms in total. The van der Waals surface area contributed by atoms with E-state index >= 15 is 0 Å². The summed E-state index contributed by atoms with van der Waals surface area (Å²) in [5.74, 6) is 1.68. The van der Waals surface area contributed by atoms with Crippen molar-refractivity contribution in [3.63, 3.8) is 0 Å². The molecule has 0 unspecified atom stereocenters. The van der Waals surface area contributed by atoms with Crippen LogP contribution in [-0.4, -0.2) is 16.3 Å². The van der Waals surface area contributed by atoms with E-state index in [9.17, 15) is 10.2 Å². The van der Waals surface area contributed by atoms with Crippen LogP contribution in [0.5, 0.6) is 0 Å². The van der Waals surface area contributed by atoms with Crippen LogP contribution >= 0.6 is 0 Å². The van der Waals surface area contributed by atoms with Crippen molar-refractivity contribution in [2.75, 3.05) is 0 Å². The molecule has 4 rings (SSSR count). The zero-order valence-electron chi connectivity index (χ0n) is 13.5. The first-order valence-electron chi connectivity index (χ1n) is 8.64. The molecule has 0 aliphatic heterocycles. The largest absolute Gasteiger partial charge is 0.509 e. The van der Waals surface area contributed by atoms with Gasteiger partial charge >= 0.3 is 0 Å². The van der Waals surface area contributed by atoms with Crippen LogP contribution in [0.25, 0.3) is 0 Å². The molecule has 22 heavy (non-hydrogen) atoms. The highest BCUT2D eigenvalue weighted by Crippen LogP contribution is 2.63. The second-order valence-corrected chi connectivity index (χ2v) is 8.24. The first kappa shape index (κ1) is 14.4. The smallest absolute Gasteiger partial charge is 0.140 e. The van der Waals surface area contributed by atoms with Gasteiger partial charge in [0.2, 0.25) is 0 Å². The molecule has 0 heterocycles. The molecule has 0 aromatic heterocycles. The van der Waals surface area contributed by atoms with Crippen molar-refractivity contribution in [3.8, 4) is 0 Å². The highest BCUT2D eigenvalue weighted by Gasteiger charge is 2.58. The maximum absolute atomic E-state index is 10.7. The molecule has 0 bridgehead atoms. The Kier molecular flexibility index (Phi) is 2.88.